The molecule has 4 rings (SSSR count). The van der Waals surface area contributed by atoms with Gasteiger partial charge in [0, 0.05) is 11.8 Å². The first-order valence-electron chi connectivity index (χ1n) is 8.70. The molecule has 0 saturated carbocycles. The van der Waals surface area contributed by atoms with Crippen molar-refractivity contribution in [3.8, 4) is 5.69 Å². The summed E-state index contributed by atoms with van der Waals surface area (Å²) >= 11 is 0. The molecule has 2 heterocycles. The topological polar surface area (TPSA) is 73.0 Å². The molecule has 0 bridgehead atoms. The molecule has 4 aromatic rings. The van der Waals surface area contributed by atoms with Crippen molar-refractivity contribution >= 4 is 28.7 Å². The number of aryl methyl sites for hydroxylation is 1. The third-order valence-corrected chi connectivity index (χ3v) is 4.17. The smallest absolute Gasteiger partial charge is 0.248 e. The van der Waals surface area contributed by atoms with Crippen molar-refractivity contribution < 1.29 is 9.21 Å². The molecule has 0 radical (unpaired) electrons. The minimum Gasteiger partial charge on any atom is -0.465 e. The van der Waals surface area contributed by atoms with E-state index in [0.717, 1.165) is 17.6 Å². The van der Waals surface area contributed by atoms with Gasteiger partial charge in [-0.2, -0.15) is 4.80 Å². The third kappa shape index (κ3) is 3.79. The molecule has 134 valence electrons. The van der Waals surface area contributed by atoms with Gasteiger partial charge in [-0.25, -0.2) is 0 Å². The molecule has 2 aromatic heterocycles. The van der Waals surface area contributed by atoms with Crippen molar-refractivity contribution in [1.29, 1.82) is 0 Å². The van der Waals surface area contributed by atoms with Crippen molar-refractivity contribution in [2.45, 2.75) is 13.3 Å². The molecule has 0 fully saturated rings. The number of aromatic nitrogens is 3. The molecule has 0 aliphatic carbocycles. The van der Waals surface area contributed by atoms with E-state index >= 15 is 0 Å². The van der Waals surface area contributed by atoms with Gasteiger partial charge in [-0.05, 0) is 60.5 Å². The minimum absolute atomic E-state index is 0.242. The largest absolute Gasteiger partial charge is 0.465 e. The quantitative estimate of drug-likeness (QED) is 0.542. The Bertz CT molecular complexity index is 1090. The van der Waals surface area contributed by atoms with Gasteiger partial charge in [0.15, 0.2) is 0 Å². The molecule has 27 heavy (non-hydrogen) atoms. The fourth-order valence-electron chi connectivity index (χ4n) is 2.70. The zero-order valence-corrected chi connectivity index (χ0v) is 14.8. The van der Waals surface area contributed by atoms with E-state index in [1.807, 2.05) is 18.2 Å². The van der Waals surface area contributed by atoms with Crippen LogP contribution in [-0.2, 0) is 11.2 Å². The summed E-state index contributed by atoms with van der Waals surface area (Å²) in [5.41, 5.74) is 4.30. The van der Waals surface area contributed by atoms with E-state index in [0.29, 0.717) is 17.0 Å². The molecule has 0 saturated heterocycles. The maximum absolute atomic E-state index is 12.0. The van der Waals surface area contributed by atoms with Crippen LogP contribution in [0.15, 0.2) is 71.4 Å². The van der Waals surface area contributed by atoms with E-state index < -0.39 is 0 Å². The highest BCUT2D eigenvalue weighted by molar-refractivity contribution is 6.02. The lowest BCUT2D eigenvalue weighted by molar-refractivity contribution is -0.111. The Balaban J connectivity index is 1.52. The molecule has 0 aliphatic heterocycles. The number of benzene rings is 2. The van der Waals surface area contributed by atoms with Gasteiger partial charge in [-0.15, -0.1) is 10.2 Å². The summed E-state index contributed by atoms with van der Waals surface area (Å²) in [6.07, 6.45) is 5.59. The fraction of sp³-hybridized carbons (Fsp3) is 0.0952. The van der Waals surface area contributed by atoms with Crippen LogP contribution < -0.4 is 5.32 Å². The number of nitrogens with one attached hydrogen (secondary N) is 1. The van der Waals surface area contributed by atoms with E-state index in [1.54, 1.807) is 41.4 Å². The maximum Gasteiger partial charge on any atom is 0.248 e. The summed E-state index contributed by atoms with van der Waals surface area (Å²) < 4.78 is 5.16. The lowest BCUT2D eigenvalue weighted by atomic mass is 10.2. The molecule has 6 heteroatoms. The predicted molar refractivity (Wildman–Crippen MR) is 105 cm³/mol. The lowest BCUT2D eigenvalue weighted by Crippen LogP contribution is -2.07. The van der Waals surface area contributed by atoms with Gasteiger partial charge in [0.25, 0.3) is 0 Å². The summed E-state index contributed by atoms with van der Waals surface area (Å²) in [7, 11) is 0. The number of hydrogen-bond donors (Lipinski definition) is 1. The third-order valence-electron chi connectivity index (χ3n) is 4.17. The van der Waals surface area contributed by atoms with Crippen LogP contribution in [0, 0.1) is 0 Å². The van der Waals surface area contributed by atoms with Crippen LogP contribution in [-0.4, -0.2) is 20.9 Å². The van der Waals surface area contributed by atoms with E-state index in [4.69, 9.17) is 4.42 Å². The number of carbonyl (C=O) groups excluding carboxylic acids is 1. The molecular weight excluding hydrogens is 340 g/mol. The van der Waals surface area contributed by atoms with Gasteiger partial charge in [-0.3, -0.25) is 4.79 Å². The van der Waals surface area contributed by atoms with Gasteiger partial charge < -0.3 is 9.73 Å². The second kappa shape index (κ2) is 7.29. The summed E-state index contributed by atoms with van der Waals surface area (Å²) in [5, 5.41) is 11.8. The fourth-order valence-corrected chi connectivity index (χ4v) is 2.70. The van der Waals surface area contributed by atoms with Crippen molar-refractivity contribution in [1.82, 2.24) is 15.0 Å². The van der Waals surface area contributed by atoms with E-state index in [-0.39, 0.29) is 5.91 Å². The zero-order valence-electron chi connectivity index (χ0n) is 14.8. The Morgan fingerprint density at radius 2 is 1.93 bits per heavy atom. The molecule has 2 aromatic carbocycles. The number of fused-ring (bicyclic) bond motifs is 1. The number of furan rings is 1. The first kappa shape index (κ1) is 16.8. The monoisotopic (exact) mass is 358 g/mol. The Morgan fingerprint density at radius 1 is 1.11 bits per heavy atom. The normalized spacial score (nSPS) is 11.3. The standard InChI is InChI=1S/C21H18N4O2/c1-2-15-5-8-17(9-6-15)25-23-19-11-7-16(14-20(19)24-25)22-21(26)12-10-18-4-3-13-27-18/h3-14H,2H2,1H3,(H,22,26). The minimum atomic E-state index is -0.242. The van der Waals surface area contributed by atoms with Crippen LogP contribution in [0.5, 0.6) is 0 Å². The predicted octanol–water partition coefficient (Wildman–Crippen LogP) is 4.23. The Morgan fingerprint density at radius 3 is 2.67 bits per heavy atom. The first-order chi connectivity index (χ1) is 13.2. The van der Waals surface area contributed by atoms with Crippen molar-refractivity contribution in [3.05, 3.63) is 78.3 Å². The highest BCUT2D eigenvalue weighted by Crippen LogP contribution is 2.18. The average Bonchev–Trinajstić information content (AvgIpc) is 3.36. The lowest BCUT2D eigenvalue weighted by Gasteiger charge is -2.00. The average molecular weight is 358 g/mol. The van der Waals surface area contributed by atoms with Crippen LogP contribution >= 0.6 is 0 Å². The summed E-state index contributed by atoms with van der Waals surface area (Å²) in [5.74, 6) is 0.380. The number of carbonyl (C=O) groups is 1. The Labute approximate surface area is 156 Å². The number of nitrogens with zero attached hydrogens (tertiary/aromatic N) is 3. The van der Waals surface area contributed by atoms with Crippen LogP contribution in [0.1, 0.15) is 18.2 Å². The molecule has 1 N–H and O–H groups in total. The van der Waals surface area contributed by atoms with Gasteiger partial charge in [0.05, 0.1) is 12.0 Å². The van der Waals surface area contributed by atoms with Crippen molar-refractivity contribution in [2.75, 3.05) is 5.32 Å². The van der Waals surface area contributed by atoms with Gasteiger partial charge in [0.2, 0.25) is 5.91 Å². The first-order valence-corrected chi connectivity index (χ1v) is 8.70. The number of anilines is 1. The molecule has 0 spiro atoms. The van der Waals surface area contributed by atoms with Crippen LogP contribution in [0.4, 0.5) is 5.69 Å². The number of amides is 1. The van der Waals surface area contributed by atoms with Gasteiger partial charge >= 0.3 is 0 Å². The SMILES string of the molecule is CCc1ccc(-n2nc3ccc(NC(=O)C=Cc4ccco4)cc3n2)cc1. The molecule has 0 aliphatic rings. The highest BCUT2D eigenvalue weighted by atomic mass is 16.3. The van der Waals surface area contributed by atoms with Gasteiger partial charge in [0.1, 0.15) is 16.8 Å². The molecular formula is C21H18N4O2. The second-order valence-corrected chi connectivity index (χ2v) is 6.05. The van der Waals surface area contributed by atoms with E-state index in [9.17, 15) is 4.79 Å². The van der Waals surface area contributed by atoms with Crippen LogP contribution in [0.25, 0.3) is 22.8 Å². The summed E-state index contributed by atoms with van der Waals surface area (Å²) in [6.45, 7) is 2.12. The van der Waals surface area contributed by atoms with Crippen LogP contribution in [0.3, 0.4) is 0 Å². The maximum atomic E-state index is 12.0. The summed E-state index contributed by atoms with van der Waals surface area (Å²) in [4.78, 5) is 13.7. The van der Waals surface area contributed by atoms with E-state index in [2.05, 4.69) is 34.6 Å². The second-order valence-electron chi connectivity index (χ2n) is 6.05. The van der Waals surface area contributed by atoms with Gasteiger partial charge in [-0.1, -0.05) is 19.1 Å². The zero-order chi connectivity index (χ0) is 18.6. The molecule has 1 amide bonds. The van der Waals surface area contributed by atoms with Crippen molar-refractivity contribution in [3.63, 3.8) is 0 Å². The Kier molecular flexibility index (Phi) is 4.53. The Hall–Kier alpha value is -3.67. The number of rotatable bonds is 5. The molecule has 6 nitrogen and oxygen atoms in total. The molecule has 0 atom stereocenters. The highest BCUT2D eigenvalue weighted by Gasteiger charge is 2.07. The molecule has 0 unspecified atom stereocenters. The number of hydrogen-bond acceptors (Lipinski definition) is 4. The summed E-state index contributed by atoms with van der Waals surface area (Å²) in [6, 6.07) is 17.1. The van der Waals surface area contributed by atoms with E-state index in [1.165, 1.54) is 11.6 Å². The van der Waals surface area contributed by atoms with Crippen LogP contribution in [0.2, 0.25) is 0 Å². The van der Waals surface area contributed by atoms with Crippen molar-refractivity contribution in [2.24, 2.45) is 0 Å².